The summed E-state index contributed by atoms with van der Waals surface area (Å²) in [5.41, 5.74) is 4.30. The van der Waals surface area contributed by atoms with Crippen LogP contribution in [0.25, 0.3) is 10.9 Å². The monoisotopic (exact) mass is 578 g/mol. The lowest BCUT2D eigenvalue weighted by atomic mass is 10.0. The molecule has 1 atom stereocenters. The van der Waals surface area contributed by atoms with E-state index in [-0.39, 0.29) is 24.2 Å². The number of ether oxygens (including phenoxy) is 2. The number of nitrogens with one attached hydrogen (secondary N) is 1. The number of carbonyl (C=O) groups excluding carboxylic acids is 1. The van der Waals surface area contributed by atoms with Gasteiger partial charge >= 0.3 is 5.97 Å². The Labute approximate surface area is 220 Å². The van der Waals surface area contributed by atoms with Crippen LogP contribution < -0.4 is 0 Å². The van der Waals surface area contributed by atoms with Gasteiger partial charge < -0.3 is 24.1 Å². The van der Waals surface area contributed by atoms with Crippen molar-refractivity contribution in [3.63, 3.8) is 0 Å². The number of nitrogens with zero attached hydrogens (tertiary/aromatic N) is 3. The van der Waals surface area contributed by atoms with E-state index >= 15 is 0 Å². The Hall–Kier alpha value is -2.21. The molecule has 2 aliphatic rings. The molecule has 0 radical (unpaired) electrons. The van der Waals surface area contributed by atoms with Crippen LogP contribution in [0.3, 0.4) is 0 Å². The van der Waals surface area contributed by atoms with Crippen molar-refractivity contribution in [2.24, 2.45) is 0 Å². The lowest BCUT2D eigenvalue weighted by molar-refractivity contribution is 0.0340. The average molecular weight is 580 g/mol. The van der Waals surface area contributed by atoms with Gasteiger partial charge in [0.2, 0.25) is 0 Å². The Kier molecular flexibility index (Phi) is 7.52. The average Bonchev–Trinajstić information content (AvgIpc) is 3.54. The fraction of sp³-hybridized carbons (Fsp3) is 0.520. The normalized spacial score (nSPS) is 17.5. The molecule has 5 rings (SSSR count). The van der Waals surface area contributed by atoms with E-state index in [9.17, 15) is 14.1 Å². The van der Waals surface area contributed by atoms with Crippen molar-refractivity contribution < 1.29 is 23.6 Å². The van der Waals surface area contributed by atoms with Gasteiger partial charge in [-0.2, -0.15) is 0 Å². The van der Waals surface area contributed by atoms with Gasteiger partial charge in [-0.25, -0.2) is 9.78 Å². The molecule has 9 nitrogen and oxygen atoms in total. The Bertz CT molecular complexity index is 1310. The highest BCUT2D eigenvalue weighted by atomic mass is 79.9. The summed E-state index contributed by atoms with van der Waals surface area (Å²) in [6.45, 7) is 7.12. The second kappa shape index (κ2) is 10.6. The second-order valence-electron chi connectivity index (χ2n) is 9.31. The van der Waals surface area contributed by atoms with Gasteiger partial charge in [0, 0.05) is 58.8 Å². The molecule has 2 fully saturated rings. The molecule has 36 heavy (non-hydrogen) atoms. The number of hydrogen-bond acceptors (Lipinski definition) is 7. The van der Waals surface area contributed by atoms with Gasteiger partial charge in [-0.05, 0) is 48.7 Å². The van der Waals surface area contributed by atoms with Crippen molar-refractivity contribution in [2.45, 2.75) is 50.8 Å². The maximum Gasteiger partial charge on any atom is 0.340 e. The summed E-state index contributed by atoms with van der Waals surface area (Å²) in [6.07, 6.45) is 3.58. The van der Waals surface area contributed by atoms with Crippen molar-refractivity contribution >= 4 is 43.6 Å². The first-order chi connectivity index (χ1) is 17.4. The molecule has 1 aliphatic heterocycles. The number of imidazole rings is 1. The lowest BCUT2D eigenvalue weighted by Crippen LogP contribution is -2.35. The number of phenolic OH excluding ortho intramolecular Hbond substituents is 1. The van der Waals surface area contributed by atoms with Crippen LogP contribution in [-0.4, -0.2) is 67.6 Å². The summed E-state index contributed by atoms with van der Waals surface area (Å²) in [6, 6.07) is 2.10. The van der Waals surface area contributed by atoms with Crippen LogP contribution in [0.1, 0.15) is 58.8 Å². The van der Waals surface area contributed by atoms with Crippen LogP contribution in [0.15, 0.2) is 16.9 Å². The predicted molar refractivity (Wildman–Crippen MR) is 141 cm³/mol. The van der Waals surface area contributed by atoms with E-state index in [1.807, 2.05) is 13.0 Å². The standard InChI is InChI=1S/C25H31BrN4O5S/c1-3-35-25(32)23-21(13-36(33)12-19-15(2)27-14-28-19)30(16-4-5-16)20-10-18(26)24(31)17(22(20)23)11-29-6-8-34-9-7-29/h10,14,16,31H,3-9,11-13H2,1-2H3,(H,27,28). The summed E-state index contributed by atoms with van der Waals surface area (Å²) in [7, 11) is -1.30. The fourth-order valence-electron chi connectivity index (χ4n) is 4.90. The van der Waals surface area contributed by atoms with Crippen LogP contribution in [0, 0.1) is 6.92 Å². The van der Waals surface area contributed by atoms with Gasteiger partial charge in [0.15, 0.2) is 0 Å². The molecule has 2 N–H and O–H groups in total. The van der Waals surface area contributed by atoms with Crippen molar-refractivity contribution in [1.29, 1.82) is 0 Å². The highest BCUT2D eigenvalue weighted by molar-refractivity contribution is 9.10. The third-order valence-corrected chi connectivity index (χ3v) is 8.62. The first-order valence-corrected chi connectivity index (χ1v) is 14.5. The number of rotatable bonds is 9. The predicted octanol–water partition coefficient (Wildman–Crippen LogP) is 3.93. The molecule has 3 aromatic rings. The number of phenols is 1. The Morgan fingerprint density at radius 1 is 1.33 bits per heavy atom. The number of H-pyrrole nitrogens is 1. The number of halogens is 1. The number of esters is 1. The van der Waals surface area contributed by atoms with E-state index in [0.29, 0.717) is 52.2 Å². The topological polar surface area (TPSA) is 110 Å². The smallest absolute Gasteiger partial charge is 0.340 e. The Morgan fingerprint density at radius 2 is 2.08 bits per heavy atom. The Morgan fingerprint density at radius 3 is 2.72 bits per heavy atom. The van der Waals surface area contributed by atoms with Crippen LogP contribution >= 0.6 is 15.9 Å². The third-order valence-electron chi connectivity index (χ3n) is 6.83. The number of aromatic hydroxyl groups is 1. The fourth-order valence-corrected chi connectivity index (χ4v) is 6.64. The highest BCUT2D eigenvalue weighted by Crippen LogP contribution is 2.46. The van der Waals surface area contributed by atoms with Crippen LogP contribution in [0.2, 0.25) is 0 Å². The first-order valence-electron chi connectivity index (χ1n) is 12.3. The van der Waals surface area contributed by atoms with E-state index < -0.39 is 16.8 Å². The minimum atomic E-state index is -1.30. The minimum Gasteiger partial charge on any atom is -0.506 e. The van der Waals surface area contributed by atoms with Gasteiger partial charge in [0.1, 0.15) is 5.75 Å². The molecular formula is C25H31BrN4O5S. The molecule has 1 unspecified atom stereocenters. The molecule has 1 aromatic carbocycles. The third kappa shape index (κ3) is 4.98. The van der Waals surface area contributed by atoms with Gasteiger partial charge in [0.05, 0.1) is 58.9 Å². The van der Waals surface area contributed by atoms with Crippen molar-refractivity contribution in [3.05, 3.63) is 45.1 Å². The molecule has 1 aliphatic carbocycles. The molecule has 1 saturated carbocycles. The number of hydrogen-bond donors (Lipinski definition) is 2. The summed E-state index contributed by atoms with van der Waals surface area (Å²) in [5.74, 6) is 0.155. The van der Waals surface area contributed by atoms with E-state index in [1.165, 1.54) is 0 Å². The number of morpholine rings is 1. The minimum absolute atomic E-state index is 0.118. The van der Waals surface area contributed by atoms with Crippen molar-refractivity contribution in [2.75, 3.05) is 32.9 Å². The zero-order valence-electron chi connectivity index (χ0n) is 20.5. The molecular weight excluding hydrogens is 548 g/mol. The number of aryl methyl sites for hydroxylation is 1. The lowest BCUT2D eigenvalue weighted by Gasteiger charge is -2.27. The largest absolute Gasteiger partial charge is 0.506 e. The molecule has 0 spiro atoms. The summed E-state index contributed by atoms with van der Waals surface area (Å²) < 4.78 is 27.1. The van der Waals surface area contributed by atoms with E-state index in [0.717, 1.165) is 42.8 Å². The number of aromatic amines is 1. The number of benzene rings is 1. The van der Waals surface area contributed by atoms with E-state index in [1.54, 1.807) is 13.3 Å². The summed E-state index contributed by atoms with van der Waals surface area (Å²) in [4.78, 5) is 23.0. The molecule has 0 bridgehead atoms. The number of carbonyl (C=O) groups is 1. The number of aromatic nitrogens is 3. The van der Waals surface area contributed by atoms with Crippen LogP contribution in [0.4, 0.5) is 0 Å². The zero-order chi connectivity index (χ0) is 25.4. The maximum absolute atomic E-state index is 13.5. The summed E-state index contributed by atoms with van der Waals surface area (Å²) in [5, 5.41) is 11.9. The van der Waals surface area contributed by atoms with Gasteiger partial charge in [-0.3, -0.25) is 9.11 Å². The van der Waals surface area contributed by atoms with Gasteiger partial charge in [-0.15, -0.1) is 0 Å². The molecule has 194 valence electrons. The van der Waals surface area contributed by atoms with Crippen LogP contribution in [-0.2, 0) is 38.3 Å². The zero-order valence-corrected chi connectivity index (χ0v) is 22.9. The molecule has 0 amide bonds. The van der Waals surface area contributed by atoms with Gasteiger partial charge in [-0.1, -0.05) is 0 Å². The highest BCUT2D eigenvalue weighted by Gasteiger charge is 2.35. The summed E-state index contributed by atoms with van der Waals surface area (Å²) >= 11 is 3.54. The van der Waals surface area contributed by atoms with Crippen molar-refractivity contribution in [1.82, 2.24) is 19.4 Å². The first kappa shape index (κ1) is 25.4. The molecule has 11 heteroatoms. The molecule has 3 heterocycles. The van der Waals surface area contributed by atoms with Crippen LogP contribution in [0.5, 0.6) is 5.75 Å². The maximum atomic E-state index is 13.5. The van der Waals surface area contributed by atoms with Crippen molar-refractivity contribution in [3.8, 4) is 5.75 Å². The van der Waals surface area contributed by atoms with Gasteiger partial charge in [0.25, 0.3) is 0 Å². The van der Waals surface area contributed by atoms with E-state index in [4.69, 9.17) is 9.47 Å². The van der Waals surface area contributed by atoms with E-state index in [2.05, 4.69) is 35.4 Å². The quantitative estimate of drug-likeness (QED) is 0.370. The molecule has 2 aromatic heterocycles. The SMILES string of the molecule is CCOC(=O)c1c(CS(=O)Cc2nc[nH]c2C)n(C2CC2)c2cc(Br)c(O)c(CN3CCOCC3)c12. The number of fused-ring (bicyclic) bond motifs is 1. The Balaban J connectivity index is 1.66. The molecule has 1 saturated heterocycles. The second-order valence-corrected chi connectivity index (χ2v) is 11.6.